The Hall–Kier alpha value is -2.89. The highest BCUT2D eigenvalue weighted by molar-refractivity contribution is 5.98. The highest BCUT2D eigenvalue weighted by Gasteiger charge is 2.93. The van der Waals surface area contributed by atoms with E-state index in [1.807, 2.05) is 0 Å². The van der Waals surface area contributed by atoms with Crippen LogP contribution in [0.15, 0.2) is 24.4 Å². The summed E-state index contributed by atoms with van der Waals surface area (Å²) >= 11 is 0. The summed E-state index contributed by atoms with van der Waals surface area (Å²) < 4.78 is 207. The van der Waals surface area contributed by atoms with Gasteiger partial charge in [-0.2, -0.15) is 71.0 Å². The van der Waals surface area contributed by atoms with Crippen LogP contribution in [0.1, 0.15) is 23.0 Å². The van der Waals surface area contributed by atoms with E-state index in [1.54, 1.807) is 0 Å². The molecular weight excluding hydrogens is 549 g/mol. The molecule has 0 atom stereocenters. The minimum Gasteiger partial charge on any atom is -0.462 e. The van der Waals surface area contributed by atoms with Gasteiger partial charge in [0.1, 0.15) is 5.56 Å². The van der Waals surface area contributed by atoms with Gasteiger partial charge in [-0.15, -0.1) is 0 Å². The molecule has 0 radical (unpaired) electrons. The Bertz CT molecular complexity index is 1140. The number of pyridine rings is 1. The number of fused-ring (bicyclic) bond motifs is 1. The summed E-state index contributed by atoms with van der Waals surface area (Å²) in [6.45, 7) is 0.394. The van der Waals surface area contributed by atoms with Crippen molar-refractivity contribution in [1.29, 1.82) is 0 Å². The number of nitrogens with zero attached hydrogens (tertiary/aromatic N) is 2. The zero-order valence-electron chi connectivity index (χ0n) is 16.9. The number of rotatable bonds is 8. The van der Waals surface area contributed by atoms with Crippen molar-refractivity contribution in [3.8, 4) is 0 Å². The van der Waals surface area contributed by atoms with Gasteiger partial charge >= 0.3 is 47.7 Å². The SMILES string of the molecule is CCOC(=O)c1c(C(F)(F)C(F)(F)C(F)(F)C(F)(F)C(F)(F)C(F)(F)C(F)(F)F)nn2ccccc12. The highest BCUT2D eigenvalue weighted by atomic mass is 19.4. The van der Waals surface area contributed by atoms with Gasteiger partial charge in [0.2, 0.25) is 0 Å². The summed E-state index contributed by atoms with van der Waals surface area (Å²) in [5.41, 5.74) is -5.36. The molecule has 19 heteroatoms. The van der Waals surface area contributed by atoms with Crippen LogP contribution in [0, 0.1) is 0 Å². The van der Waals surface area contributed by atoms with Crippen LogP contribution < -0.4 is 0 Å². The quantitative estimate of drug-likeness (QED) is 0.281. The Morgan fingerprint density at radius 2 is 1.25 bits per heavy atom. The van der Waals surface area contributed by atoms with E-state index in [0.29, 0.717) is 12.3 Å². The predicted molar refractivity (Wildman–Crippen MR) is 85.8 cm³/mol. The molecule has 2 aromatic heterocycles. The topological polar surface area (TPSA) is 43.6 Å². The molecule has 0 aliphatic heterocycles. The first-order valence-corrected chi connectivity index (χ1v) is 8.93. The number of halogens is 15. The predicted octanol–water partition coefficient (Wildman–Crippen LogP) is 6.34. The molecular formula is C17H9F15N2O2. The molecule has 36 heavy (non-hydrogen) atoms. The van der Waals surface area contributed by atoms with E-state index in [2.05, 4.69) is 9.84 Å². The minimum absolute atomic E-state index is 0.161. The van der Waals surface area contributed by atoms with Crippen molar-refractivity contribution in [3.63, 3.8) is 0 Å². The van der Waals surface area contributed by atoms with Gasteiger partial charge in [0.25, 0.3) is 0 Å². The number of carbonyl (C=O) groups is 1. The van der Waals surface area contributed by atoms with Crippen molar-refractivity contribution < 1.29 is 75.4 Å². The summed E-state index contributed by atoms with van der Waals surface area (Å²) in [4.78, 5) is 12.0. The third kappa shape index (κ3) is 3.72. The Morgan fingerprint density at radius 1 is 0.778 bits per heavy atom. The fraction of sp³-hybridized carbons (Fsp3) is 0.529. The Balaban J connectivity index is 2.80. The van der Waals surface area contributed by atoms with Crippen LogP contribution in [0.2, 0.25) is 0 Å². The van der Waals surface area contributed by atoms with Gasteiger partial charge in [-0.05, 0) is 19.1 Å². The molecule has 0 aliphatic rings. The third-order valence-electron chi connectivity index (χ3n) is 4.64. The van der Waals surface area contributed by atoms with Crippen LogP contribution in [-0.4, -0.2) is 58.0 Å². The summed E-state index contributed by atoms with van der Waals surface area (Å²) in [6, 6.07) is 2.61. The number of hydrogen-bond donors (Lipinski definition) is 0. The van der Waals surface area contributed by atoms with E-state index in [1.165, 1.54) is 0 Å². The number of esters is 1. The van der Waals surface area contributed by atoms with Gasteiger partial charge in [-0.3, -0.25) is 0 Å². The first-order chi connectivity index (χ1) is 15.9. The maximum Gasteiger partial charge on any atom is 0.460 e. The standard InChI is InChI=1S/C17H9F15N2O2/c1-2-36-10(35)8-7-5-3-4-6-34(7)33-9(8)11(18,19)12(20,21)13(22,23)14(24,25)15(26,27)16(28,29)17(30,31)32/h3-6H,2H2,1H3. The van der Waals surface area contributed by atoms with Crippen molar-refractivity contribution in [2.45, 2.75) is 48.6 Å². The fourth-order valence-corrected chi connectivity index (χ4v) is 2.74. The van der Waals surface area contributed by atoms with Crippen LogP contribution in [0.25, 0.3) is 5.52 Å². The van der Waals surface area contributed by atoms with Crippen molar-refractivity contribution in [2.24, 2.45) is 0 Å². The van der Waals surface area contributed by atoms with Gasteiger partial charge < -0.3 is 4.74 Å². The van der Waals surface area contributed by atoms with Crippen molar-refractivity contribution in [3.05, 3.63) is 35.7 Å². The minimum atomic E-state index is -8.45. The Morgan fingerprint density at radius 3 is 1.72 bits per heavy atom. The number of carbonyl (C=O) groups excluding carboxylic acids is 1. The molecule has 0 spiro atoms. The summed E-state index contributed by atoms with van der Waals surface area (Å²) in [7, 11) is 0. The van der Waals surface area contributed by atoms with Crippen LogP contribution in [0.5, 0.6) is 0 Å². The first kappa shape index (κ1) is 29.3. The van der Waals surface area contributed by atoms with Gasteiger partial charge in [0.05, 0.1) is 12.1 Å². The fourth-order valence-electron chi connectivity index (χ4n) is 2.74. The molecule has 204 valence electrons. The molecule has 0 bridgehead atoms. The second-order valence-electron chi connectivity index (χ2n) is 6.92. The van der Waals surface area contributed by atoms with Crippen LogP contribution >= 0.6 is 0 Å². The zero-order valence-corrected chi connectivity index (χ0v) is 16.9. The molecule has 0 fully saturated rings. The van der Waals surface area contributed by atoms with Crippen LogP contribution in [0.3, 0.4) is 0 Å². The van der Waals surface area contributed by atoms with Crippen molar-refractivity contribution >= 4 is 11.5 Å². The molecule has 2 aromatic rings. The summed E-state index contributed by atoms with van der Waals surface area (Å²) in [5.74, 6) is -49.9. The zero-order chi connectivity index (χ0) is 28.3. The maximum absolute atomic E-state index is 14.7. The smallest absolute Gasteiger partial charge is 0.460 e. The molecule has 2 heterocycles. The van der Waals surface area contributed by atoms with E-state index in [0.717, 1.165) is 19.1 Å². The molecule has 0 amide bonds. The maximum atomic E-state index is 14.7. The number of alkyl halides is 15. The van der Waals surface area contributed by atoms with Gasteiger partial charge in [-0.25, -0.2) is 9.31 Å². The van der Waals surface area contributed by atoms with E-state index < -0.39 is 71.1 Å². The summed E-state index contributed by atoms with van der Waals surface area (Å²) in [5, 5.41) is 2.69. The lowest BCUT2D eigenvalue weighted by atomic mass is 9.89. The van der Waals surface area contributed by atoms with Gasteiger partial charge in [-0.1, -0.05) is 6.07 Å². The molecule has 0 aliphatic carbocycles. The molecule has 0 unspecified atom stereocenters. The largest absolute Gasteiger partial charge is 0.462 e. The Kier molecular flexibility index (Phi) is 6.78. The van der Waals surface area contributed by atoms with Gasteiger partial charge in [0.15, 0.2) is 5.69 Å². The second kappa shape index (κ2) is 8.32. The summed E-state index contributed by atoms with van der Waals surface area (Å²) in [6.07, 6.45) is -7.05. The average molecular weight is 558 g/mol. The number of ether oxygens (including phenoxy) is 1. The monoisotopic (exact) mass is 558 g/mol. The molecule has 0 N–H and O–H groups in total. The molecule has 0 aromatic carbocycles. The molecule has 4 nitrogen and oxygen atoms in total. The lowest BCUT2D eigenvalue weighted by Crippen LogP contribution is -2.72. The van der Waals surface area contributed by atoms with Crippen molar-refractivity contribution in [1.82, 2.24) is 9.61 Å². The van der Waals surface area contributed by atoms with Crippen LogP contribution in [-0.2, 0) is 10.7 Å². The van der Waals surface area contributed by atoms with E-state index in [4.69, 9.17) is 0 Å². The number of hydrogen-bond acceptors (Lipinski definition) is 3. The van der Waals surface area contributed by atoms with E-state index in [9.17, 15) is 70.7 Å². The van der Waals surface area contributed by atoms with Gasteiger partial charge in [0, 0.05) is 6.20 Å². The lowest BCUT2D eigenvalue weighted by molar-refractivity contribution is -0.454. The molecule has 2 rings (SSSR count). The molecule has 0 saturated carbocycles. The van der Waals surface area contributed by atoms with E-state index in [-0.39, 0.29) is 4.52 Å². The normalized spacial score (nSPS) is 14.9. The highest BCUT2D eigenvalue weighted by Crippen LogP contribution is 2.63. The molecule has 0 saturated heterocycles. The van der Waals surface area contributed by atoms with Crippen LogP contribution in [0.4, 0.5) is 65.9 Å². The first-order valence-electron chi connectivity index (χ1n) is 8.93. The Labute approximate surface area is 188 Å². The second-order valence-corrected chi connectivity index (χ2v) is 6.92. The third-order valence-corrected chi connectivity index (χ3v) is 4.64. The number of aromatic nitrogens is 2. The average Bonchev–Trinajstić information content (AvgIpc) is 3.12. The van der Waals surface area contributed by atoms with Crippen molar-refractivity contribution in [2.75, 3.05) is 6.61 Å². The van der Waals surface area contributed by atoms with E-state index >= 15 is 0 Å². The lowest BCUT2D eigenvalue weighted by Gasteiger charge is -2.41.